The molecule has 0 fully saturated rings. The monoisotopic (exact) mass is 298 g/mol. The largest absolute Gasteiger partial charge is 0.292 e. The summed E-state index contributed by atoms with van der Waals surface area (Å²) in [4.78, 5) is 28.9. The summed E-state index contributed by atoms with van der Waals surface area (Å²) in [5, 5.41) is 1.91. The van der Waals surface area contributed by atoms with Crippen LogP contribution in [0.2, 0.25) is 0 Å². The van der Waals surface area contributed by atoms with Crippen molar-refractivity contribution < 1.29 is 4.79 Å². The zero-order valence-corrected chi connectivity index (χ0v) is 12.6. The van der Waals surface area contributed by atoms with Crippen LogP contribution in [0.1, 0.15) is 21.5 Å². The van der Waals surface area contributed by atoms with E-state index in [9.17, 15) is 9.59 Å². The number of hydrogen-bond donors (Lipinski definition) is 0. The Morgan fingerprint density at radius 2 is 1.95 bits per heavy atom. The maximum Gasteiger partial charge on any atom is 0.271 e. The summed E-state index contributed by atoms with van der Waals surface area (Å²) in [5.74, 6) is -0.0912. The topological polar surface area (TPSA) is 52.0 Å². The summed E-state index contributed by atoms with van der Waals surface area (Å²) in [6.07, 6.45) is 1.45. The molecule has 0 aliphatic carbocycles. The maximum absolute atomic E-state index is 12.3. The van der Waals surface area contributed by atoms with Crippen LogP contribution in [0.5, 0.6) is 0 Å². The van der Waals surface area contributed by atoms with Gasteiger partial charge in [-0.1, -0.05) is 29.8 Å². The number of nitrogens with zero attached hydrogens (tertiary/aromatic N) is 2. The average molecular weight is 298 g/mol. The molecular formula is C16H14N2O2S. The highest BCUT2D eigenvalue weighted by Crippen LogP contribution is 2.19. The second kappa shape index (κ2) is 5.26. The van der Waals surface area contributed by atoms with Crippen LogP contribution in [0.25, 0.3) is 10.2 Å². The number of rotatable bonds is 3. The van der Waals surface area contributed by atoms with Gasteiger partial charge in [-0.15, -0.1) is 11.3 Å². The molecule has 0 aliphatic rings. The summed E-state index contributed by atoms with van der Waals surface area (Å²) < 4.78 is 1.98. The van der Waals surface area contributed by atoms with Crippen LogP contribution in [-0.4, -0.2) is 15.3 Å². The number of Topliss-reactive ketones (excluding diaryl/α,β-unsaturated/α-hetero) is 1. The van der Waals surface area contributed by atoms with Gasteiger partial charge >= 0.3 is 0 Å². The maximum atomic E-state index is 12.3. The molecule has 0 saturated carbocycles. The smallest absolute Gasteiger partial charge is 0.271 e. The molecule has 2 heterocycles. The number of benzene rings is 1. The molecule has 2 aromatic heterocycles. The molecule has 5 heteroatoms. The zero-order chi connectivity index (χ0) is 15.0. The minimum absolute atomic E-state index is 0.0157. The van der Waals surface area contributed by atoms with Crippen molar-refractivity contribution in [2.75, 3.05) is 0 Å². The van der Waals surface area contributed by atoms with E-state index in [-0.39, 0.29) is 17.9 Å². The molecule has 1 aromatic carbocycles. The molecule has 3 rings (SSSR count). The zero-order valence-electron chi connectivity index (χ0n) is 11.8. The van der Waals surface area contributed by atoms with E-state index >= 15 is 0 Å². The van der Waals surface area contributed by atoms with E-state index in [1.54, 1.807) is 12.1 Å². The van der Waals surface area contributed by atoms with Gasteiger partial charge in [-0.2, -0.15) is 0 Å². The summed E-state index contributed by atoms with van der Waals surface area (Å²) in [6, 6.07) is 7.34. The second-order valence-corrected chi connectivity index (χ2v) is 5.94. The minimum atomic E-state index is -0.154. The number of carbonyl (C=O) groups is 1. The van der Waals surface area contributed by atoms with Crippen molar-refractivity contribution in [1.29, 1.82) is 0 Å². The Balaban J connectivity index is 1.94. The van der Waals surface area contributed by atoms with Gasteiger partial charge in [0.25, 0.3) is 5.56 Å². The molecule has 0 N–H and O–H groups in total. The number of aromatic nitrogens is 2. The van der Waals surface area contributed by atoms with Crippen LogP contribution in [0.3, 0.4) is 0 Å². The Morgan fingerprint density at radius 1 is 1.24 bits per heavy atom. The molecule has 0 unspecified atom stereocenters. The first-order valence-electron chi connectivity index (χ1n) is 6.59. The van der Waals surface area contributed by atoms with Gasteiger partial charge in [-0.25, -0.2) is 4.98 Å². The lowest BCUT2D eigenvalue weighted by Crippen LogP contribution is -2.24. The highest BCUT2D eigenvalue weighted by atomic mass is 32.1. The number of thiophene rings is 1. The number of aryl methyl sites for hydroxylation is 2. The summed E-state index contributed by atoms with van der Waals surface area (Å²) >= 11 is 1.37. The van der Waals surface area contributed by atoms with E-state index in [1.165, 1.54) is 22.2 Å². The van der Waals surface area contributed by atoms with Gasteiger partial charge in [0.05, 0.1) is 18.4 Å². The molecule has 0 aliphatic heterocycles. The van der Waals surface area contributed by atoms with Crippen LogP contribution in [0, 0.1) is 13.8 Å². The first-order valence-corrected chi connectivity index (χ1v) is 7.47. The third-order valence-corrected chi connectivity index (χ3v) is 4.49. The molecule has 0 atom stereocenters. The number of ketones is 1. The van der Waals surface area contributed by atoms with Crippen molar-refractivity contribution in [3.05, 3.63) is 63.0 Å². The SMILES string of the molecule is Cc1ccc(C(=O)Cn2cnc3c(C)csc3c2=O)cc1. The van der Waals surface area contributed by atoms with Gasteiger partial charge in [0.1, 0.15) is 4.70 Å². The van der Waals surface area contributed by atoms with Crippen LogP contribution in [0.15, 0.2) is 40.8 Å². The van der Waals surface area contributed by atoms with Crippen molar-refractivity contribution >= 4 is 27.3 Å². The van der Waals surface area contributed by atoms with Gasteiger partial charge in [-0.3, -0.25) is 14.2 Å². The fourth-order valence-corrected chi connectivity index (χ4v) is 3.11. The molecule has 0 amide bonds. The van der Waals surface area contributed by atoms with Crippen molar-refractivity contribution in [3.63, 3.8) is 0 Å². The highest BCUT2D eigenvalue weighted by molar-refractivity contribution is 7.17. The van der Waals surface area contributed by atoms with Gasteiger partial charge < -0.3 is 0 Å². The standard InChI is InChI=1S/C16H14N2O2S/c1-10-3-5-12(6-4-10)13(19)7-18-9-17-14-11(2)8-21-15(14)16(18)20/h3-6,8-9H,7H2,1-2H3. The molecular weight excluding hydrogens is 284 g/mol. The van der Waals surface area contributed by atoms with Crippen molar-refractivity contribution in [3.8, 4) is 0 Å². The quantitative estimate of drug-likeness (QED) is 0.699. The minimum Gasteiger partial charge on any atom is -0.292 e. The van der Waals surface area contributed by atoms with E-state index in [0.29, 0.717) is 10.3 Å². The summed E-state index contributed by atoms with van der Waals surface area (Å²) in [7, 11) is 0. The molecule has 0 spiro atoms. The van der Waals surface area contributed by atoms with Crippen LogP contribution in [0.4, 0.5) is 0 Å². The molecule has 4 nitrogen and oxygen atoms in total. The number of fused-ring (bicyclic) bond motifs is 1. The Bertz CT molecular complexity index is 875. The Hall–Kier alpha value is -2.27. The van der Waals surface area contributed by atoms with E-state index in [0.717, 1.165) is 16.6 Å². The number of hydrogen-bond acceptors (Lipinski definition) is 4. The van der Waals surface area contributed by atoms with Gasteiger partial charge in [-0.05, 0) is 24.8 Å². The third kappa shape index (κ3) is 2.52. The Morgan fingerprint density at radius 3 is 2.67 bits per heavy atom. The van der Waals surface area contributed by atoms with Crippen LogP contribution in [-0.2, 0) is 6.54 Å². The summed E-state index contributed by atoms with van der Waals surface area (Å²) in [6.45, 7) is 3.91. The van der Waals surface area contributed by atoms with Crippen LogP contribution >= 0.6 is 11.3 Å². The van der Waals surface area contributed by atoms with Crippen molar-refractivity contribution in [1.82, 2.24) is 9.55 Å². The van der Waals surface area contributed by atoms with Crippen molar-refractivity contribution in [2.24, 2.45) is 0 Å². The van der Waals surface area contributed by atoms with E-state index in [4.69, 9.17) is 0 Å². The molecule has 0 bridgehead atoms. The van der Waals surface area contributed by atoms with Gasteiger partial charge in [0.2, 0.25) is 0 Å². The third-order valence-electron chi connectivity index (χ3n) is 3.41. The van der Waals surface area contributed by atoms with E-state index in [2.05, 4.69) is 4.98 Å². The van der Waals surface area contributed by atoms with E-state index in [1.807, 2.05) is 31.4 Å². The lowest BCUT2D eigenvalue weighted by atomic mass is 10.1. The first-order chi connectivity index (χ1) is 10.1. The second-order valence-electron chi connectivity index (χ2n) is 5.06. The molecule has 0 saturated heterocycles. The Kier molecular flexibility index (Phi) is 3.43. The average Bonchev–Trinajstić information content (AvgIpc) is 2.85. The van der Waals surface area contributed by atoms with Crippen molar-refractivity contribution in [2.45, 2.75) is 20.4 Å². The van der Waals surface area contributed by atoms with Gasteiger partial charge in [0, 0.05) is 5.56 Å². The lowest BCUT2D eigenvalue weighted by molar-refractivity contribution is 0.0970. The van der Waals surface area contributed by atoms with E-state index < -0.39 is 0 Å². The molecule has 3 aromatic rings. The molecule has 0 radical (unpaired) electrons. The highest BCUT2D eigenvalue weighted by Gasteiger charge is 2.12. The Labute approximate surface area is 125 Å². The van der Waals surface area contributed by atoms with Gasteiger partial charge in [0.15, 0.2) is 5.78 Å². The fourth-order valence-electron chi connectivity index (χ4n) is 2.16. The summed E-state index contributed by atoms with van der Waals surface area (Å²) in [5.41, 5.74) is 3.27. The fraction of sp³-hybridized carbons (Fsp3) is 0.188. The molecule has 106 valence electrons. The molecule has 21 heavy (non-hydrogen) atoms. The predicted octanol–water partition coefficient (Wildman–Crippen LogP) is 2.96. The normalized spacial score (nSPS) is 11.0. The lowest BCUT2D eigenvalue weighted by Gasteiger charge is -2.05. The van der Waals surface area contributed by atoms with Crippen LogP contribution < -0.4 is 5.56 Å². The first kappa shape index (κ1) is 13.7. The number of carbonyl (C=O) groups excluding carboxylic acids is 1. The predicted molar refractivity (Wildman–Crippen MR) is 84.1 cm³/mol.